The molecule has 0 fully saturated rings. The van der Waals surface area contributed by atoms with Crippen molar-refractivity contribution in [1.82, 2.24) is 4.98 Å². The molecule has 0 spiro atoms. The number of hydrogen-bond donors (Lipinski definition) is 1. The first-order valence-electron chi connectivity index (χ1n) is 7.81. The number of benzene rings is 3. The Morgan fingerprint density at radius 3 is 2.33 bits per heavy atom. The minimum absolute atomic E-state index is 0.213. The summed E-state index contributed by atoms with van der Waals surface area (Å²) in [6.07, 6.45) is 0. The molecule has 1 N–H and O–H groups in total. The topological polar surface area (TPSA) is 49.9 Å². The van der Waals surface area contributed by atoms with E-state index >= 15 is 0 Å². The Bertz CT molecular complexity index is 1140. The smallest absolute Gasteiger partial charge is 0.259 e. The molecule has 3 aromatic carbocycles. The maximum atomic E-state index is 12.5. The number of Topliss-reactive ketones (excluding diaryl/α,β-unsaturated/α-hetero) is 1. The number of carbonyl (C=O) groups excluding carboxylic acids is 1. The van der Waals surface area contributed by atoms with Crippen LogP contribution in [0.3, 0.4) is 0 Å². The Kier molecular flexibility index (Phi) is 3.28. The van der Waals surface area contributed by atoms with Gasteiger partial charge in [-0.1, -0.05) is 60.7 Å². The molecule has 0 atom stereocenters. The van der Waals surface area contributed by atoms with Crippen molar-refractivity contribution >= 4 is 27.5 Å². The molecule has 0 bridgehead atoms. The van der Waals surface area contributed by atoms with Gasteiger partial charge >= 0.3 is 0 Å². The highest BCUT2D eigenvalue weighted by molar-refractivity contribution is 6.17. The number of nitrogens with one attached hydrogen (secondary N) is 1. The summed E-state index contributed by atoms with van der Waals surface area (Å²) >= 11 is 0. The van der Waals surface area contributed by atoms with Crippen LogP contribution in [-0.4, -0.2) is 10.8 Å². The summed E-state index contributed by atoms with van der Waals surface area (Å²) in [5.41, 5.74) is 2.19. The number of rotatable bonds is 2. The fraction of sp³-hybridized carbons (Fsp3) is 0.0476. The van der Waals surface area contributed by atoms with E-state index in [2.05, 4.69) is 4.98 Å². The fourth-order valence-corrected chi connectivity index (χ4v) is 3.30. The molecule has 0 saturated carbocycles. The SMILES string of the molecule is CC(=O)c1c(-c2ccccc2)c2c(ccc3ccccc32)[nH]c1=O. The van der Waals surface area contributed by atoms with Crippen LogP contribution in [0.1, 0.15) is 17.3 Å². The van der Waals surface area contributed by atoms with Crippen molar-refractivity contribution < 1.29 is 4.79 Å². The molecular weight excluding hydrogens is 298 g/mol. The second-order valence-corrected chi connectivity index (χ2v) is 5.84. The zero-order chi connectivity index (χ0) is 16.7. The lowest BCUT2D eigenvalue weighted by atomic mass is 9.91. The van der Waals surface area contributed by atoms with E-state index in [1.54, 1.807) is 0 Å². The second-order valence-electron chi connectivity index (χ2n) is 5.84. The molecule has 1 heterocycles. The summed E-state index contributed by atoms with van der Waals surface area (Å²) in [5.74, 6) is -0.232. The standard InChI is InChI=1S/C21H15NO2/c1-13(23)18-19(15-8-3-2-4-9-15)20-16-10-6-5-7-14(16)11-12-17(20)22-21(18)24/h2-12H,1H3,(H,22,24). The van der Waals surface area contributed by atoms with E-state index in [0.29, 0.717) is 5.56 Å². The molecule has 116 valence electrons. The highest BCUT2D eigenvalue weighted by Gasteiger charge is 2.19. The van der Waals surface area contributed by atoms with Crippen LogP contribution < -0.4 is 5.56 Å². The summed E-state index contributed by atoms with van der Waals surface area (Å²) in [6.45, 7) is 1.44. The first kappa shape index (κ1) is 14.4. The van der Waals surface area contributed by atoms with E-state index in [1.807, 2.05) is 66.7 Å². The van der Waals surface area contributed by atoms with Gasteiger partial charge in [-0.3, -0.25) is 9.59 Å². The molecular formula is C21H15NO2. The number of pyridine rings is 1. The van der Waals surface area contributed by atoms with Crippen molar-refractivity contribution in [3.8, 4) is 11.1 Å². The van der Waals surface area contributed by atoms with Crippen molar-refractivity contribution in [2.75, 3.05) is 0 Å². The van der Waals surface area contributed by atoms with Crippen molar-refractivity contribution in [3.05, 3.63) is 82.6 Å². The third-order valence-electron chi connectivity index (χ3n) is 4.32. The molecule has 0 saturated heterocycles. The highest BCUT2D eigenvalue weighted by atomic mass is 16.1. The molecule has 0 aliphatic carbocycles. The maximum Gasteiger partial charge on any atom is 0.259 e. The monoisotopic (exact) mass is 313 g/mol. The van der Waals surface area contributed by atoms with Gasteiger partial charge in [0.2, 0.25) is 0 Å². The van der Waals surface area contributed by atoms with Gasteiger partial charge in [-0.15, -0.1) is 0 Å². The fourth-order valence-electron chi connectivity index (χ4n) is 3.30. The predicted octanol–water partition coefficient (Wildman–Crippen LogP) is 4.55. The number of hydrogen-bond acceptors (Lipinski definition) is 2. The lowest BCUT2D eigenvalue weighted by Crippen LogP contribution is -2.18. The second kappa shape index (κ2) is 5.46. The predicted molar refractivity (Wildman–Crippen MR) is 97.5 cm³/mol. The number of fused-ring (bicyclic) bond motifs is 3. The van der Waals surface area contributed by atoms with Gasteiger partial charge in [0.25, 0.3) is 5.56 Å². The van der Waals surface area contributed by atoms with E-state index in [4.69, 9.17) is 0 Å². The average molecular weight is 313 g/mol. The van der Waals surface area contributed by atoms with E-state index in [-0.39, 0.29) is 16.9 Å². The minimum atomic E-state index is -0.343. The summed E-state index contributed by atoms with van der Waals surface area (Å²) in [6, 6.07) is 21.5. The molecule has 3 heteroatoms. The highest BCUT2D eigenvalue weighted by Crippen LogP contribution is 2.34. The minimum Gasteiger partial charge on any atom is -0.321 e. The van der Waals surface area contributed by atoms with E-state index < -0.39 is 0 Å². The number of H-pyrrole nitrogens is 1. The van der Waals surface area contributed by atoms with Crippen LogP contribution in [0.4, 0.5) is 0 Å². The van der Waals surface area contributed by atoms with Gasteiger partial charge < -0.3 is 4.98 Å². The lowest BCUT2D eigenvalue weighted by Gasteiger charge is -2.13. The maximum absolute atomic E-state index is 12.5. The molecule has 4 aromatic rings. The van der Waals surface area contributed by atoms with E-state index in [9.17, 15) is 9.59 Å². The molecule has 1 aromatic heterocycles. The molecule has 0 unspecified atom stereocenters. The van der Waals surface area contributed by atoms with Gasteiger partial charge in [0.05, 0.1) is 5.56 Å². The average Bonchev–Trinajstić information content (AvgIpc) is 2.60. The summed E-state index contributed by atoms with van der Waals surface area (Å²) < 4.78 is 0. The van der Waals surface area contributed by atoms with Crippen LogP contribution in [0.15, 0.2) is 71.5 Å². The number of aromatic amines is 1. The molecule has 0 aliphatic heterocycles. The van der Waals surface area contributed by atoms with Crippen LogP contribution >= 0.6 is 0 Å². The molecule has 3 nitrogen and oxygen atoms in total. The molecule has 0 radical (unpaired) electrons. The summed E-state index contributed by atoms with van der Waals surface area (Å²) in [7, 11) is 0. The Labute approximate surface area is 138 Å². The number of carbonyl (C=O) groups is 1. The number of aromatic nitrogens is 1. The van der Waals surface area contributed by atoms with Gasteiger partial charge in [0.15, 0.2) is 5.78 Å². The van der Waals surface area contributed by atoms with Crippen LogP contribution in [0.5, 0.6) is 0 Å². The molecule has 4 rings (SSSR count). The normalized spacial score (nSPS) is 11.0. The molecule has 0 aliphatic rings. The van der Waals surface area contributed by atoms with Crippen molar-refractivity contribution in [1.29, 1.82) is 0 Å². The zero-order valence-corrected chi connectivity index (χ0v) is 13.2. The molecule has 0 amide bonds. The van der Waals surface area contributed by atoms with Gasteiger partial charge in [0.1, 0.15) is 0 Å². The van der Waals surface area contributed by atoms with Crippen LogP contribution in [0.2, 0.25) is 0 Å². The van der Waals surface area contributed by atoms with Crippen LogP contribution in [-0.2, 0) is 0 Å². The first-order chi connectivity index (χ1) is 11.7. The largest absolute Gasteiger partial charge is 0.321 e. The van der Waals surface area contributed by atoms with Crippen molar-refractivity contribution in [2.45, 2.75) is 6.92 Å². The van der Waals surface area contributed by atoms with Crippen LogP contribution in [0, 0.1) is 0 Å². The van der Waals surface area contributed by atoms with Crippen molar-refractivity contribution in [2.24, 2.45) is 0 Å². The third-order valence-corrected chi connectivity index (χ3v) is 4.32. The lowest BCUT2D eigenvalue weighted by molar-refractivity contribution is 0.101. The van der Waals surface area contributed by atoms with Crippen molar-refractivity contribution in [3.63, 3.8) is 0 Å². The Balaban J connectivity index is 2.32. The van der Waals surface area contributed by atoms with E-state index in [0.717, 1.165) is 27.2 Å². The quantitative estimate of drug-likeness (QED) is 0.436. The summed E-state index contributed by atoms with van der Waals surface area (Å²) in [4.78, 5) is 27.6. The zero-order valence-electron chi connectivity index (χ0n) is 13.2. The Hall–Kier alpha value is -3.20. The van der Waals surface area contributed by atoms with Gasteiger partial charge in [-0.25, -0.2) is 0 Å². The summed E-state index contributed by atoms with van der Waals surface area (Å²) in [5, 5.41) is 3.00. The van der Waals surface area contributed by atoms with Gasteiger partial charge in [0, 0.05) is 16.5 Å². The van der Waals surface area contributed by atoms with Gasteiger partial charge in [-0.05, 0) is 29.3 Å². The Morgan fingerprint density at radius 2 is 1.58 bits per heavy atom. The third kappa shape index (κ3) is 2.14. The Morgan fingerprint density at radius 1 is 0.875 bits per heavy atom. The van der Waals surface area contributed by atoms with Gasteiger partial charge in [-0.2, -0.15) is 0 Å². The number of ketones is 1. The first-order valence-corrected chi connectivity index (χ1v) is 7.81. The van der Waals surface area contributed by atoms with E-state index in [1.165, 1.54) is 6.92 Å². The molecule has 24 heavy (non-hydrogen) atoms. The van der Waals surface area contributed by atoms with Crippen LogP contribution in [0.25, 0.3) is 32.8 Å².